The van der Waals surface area contributed by atoms with Crippen LogP contribution in [0.5, 0.6) is 5.75 Å². The highest BCUT2D eigenvalue weighted by atomic mass is 32.2. The molecule has 0 saturated carbocycles. The topological polar surface area (TPSA) is 111 Å². The first-order valence-corrected chi connectivity index (χ1v) is 13.0. The number of nitrogens with two attached hydrogens (primary N) is 1. The number of carbonyl (C=O) groups is 1. The number of aliphatic imine (C=N–C) groups is 1. The minimum atomic E-state index is -3.73. The van der Waals surface area contributed by atoms with Crippen molar-refractivity contribution in [2.24, 2.45) is 10.7 Å². The van der Waals surface area contributed by atoms with E-state index in [4.69, 9.17) is 14.7 Å². The van der Waals surface area contributed by atoms with Crippen LogP contribution in [0.25, 0.3) is 5.57 Å². The van der Waals surface area contributed by atoms with E-state index >= 15 is 0 Å². The van der Waals surface area contributed by atoms with Crippen LogP contribution in [-0.2, 0) is 25.2 Å². The molecule has 1 amide bonds. The van der Waals surface area contributed by atoms with Gasteiger partial charge in [0.15, 0.2) is 5.96 Å². The fourth-order valence-electron chi connectivity index (χ4n) is 4.62. The van der Waals surface area contributed by atoms with Crippen molar-refractivity contribution < 1.29 is 26.5 Å². The molecule has 0 radical (unpaired) electrons. The Labute approximate surface area is 210 Å². The summed E-state index contributed by atoms with van der Waals surface area (Å²) < 4.78 is 49.0. The summed E-state index contributed by atoms with van der Waals surface area (Å²) in [7, 11) is -0.707. The van der Waals surface area contributed by atoms with E-state index in [9.17, 15) is 17.6 Å². The third-order valence-corrected chi connectivity index (χ3v) is 7.81. The Balaban J connectivity index is 1.85. The van der Waals surface area contributed by atoms with Crippen molar-refractivity contribution in [2.45, 2.75) is 30.9 Å². The van der Waals surface area contributed by atoms with Gasteiger partial charge in [0.25, 0.3) is 5.91 Å². The van der Waals surface area contributed by atoms with Crippen molar-refractivity contribution in [3.05, 3.63) is 83.7 Å². The molecule has 1 heterocycles. The summed E-state index contributed by atoms with van der Waals surface area (Å²) in [6.45, 7) is 1.74. The molecule has 2 atom stereocenters. The highest BCUT2D eigenvalue weighted by Crippen LogP contribution is 2.49. The van der Waals surface area contributed by atoms with E-state index in [-0.39, 0.29) is 23.3 Å². The van der Waals surface area contributed by atoms with Crippen molar-refractivity contribution in [1.82, 2.24) is 4.90 Å². The van der Waals surface area contributed by atoms with Crippen LogP contribution < -0.4 is 9.92 Å². The van der Waals surface area contributed by atoms with Gasteiger partial charge in [0.05, 0.1) is 5.75 Å². The fraction of sp³-hybridized carbons (Fsp3) is 0.308. The van der Waals surface area contributed by atoms with Crippen LogP contribution >= 0.6 is 0 Å². The molecule has 2 aliphatic rings. The van der Waals surface area contributed by atoms with E-state index in [2.05, 4.69) is 4.99 Å². The van der Waals surface area contributed by atoms with Gasteiger partial charge in [-0.3, -0.25) is 9.69 Å². The van der Waals surface area contributed by atoms with Gasteiger partial charge < -0.3 is 14.7 Å². The van der Waals surface area contributed by atoms with E-state index in [0.29, 0.717) is 18.4 Å². The molecule has 8 nitrogen and oxygen atoms in total. The zero-order valence-electron chi connectivity index (χ0n) is 20.3. The molecule has 2 aromatic carbocycles. The maximum atomic E-state index is 13.8. The number of methoxy groups -OCH3 is 1. The van der Waals surface area contributed by atoms with Crippen molar-refractivity contribution in [3.8, 4) is 5.75 Å². The smallest absolute Gasteiger partial charge is 0.309 e. The Morgan fingerprint density at radius 1 is 1.14 bits per heavy atom. The number of guanidine groups is 1. The molecule has 1 aliphatic carbocycles. The van der Waals surface area contributed by atoms with Crippen molar-refractivity contribution in [1.29, 1.82) is 0 Å². The number of ether oxygens (including phenoxy) is 1. The van der Waals surface area contributed by atoms with Gasteiger partial charge in [0.1, 0.15) is 17.2 Å². The zero-order chi connectivity index (χ0) is 26.1. The largest absolute Gasteiger partial charge is 0.382 e. The van der Waals surface area contributed by atoms with Gasteiger partial charge in [-0.2, -0.15) is 8.42 Å². The first-order valence-electron chi connectivity index (χ1n) is 11.4. The van der Waals surface area contributed by atoms with Crippen LogP contribution in [0.4, 0.5) is 4.39 Å². The van der Waals surface area contributed by atoms with Gasteiger partial charge in [0, 0.05) is 20.6 Å². The van der Waals surface area contributed by atoms with E-state index in [1.54, 1.807) is 31.2 Å². The SMILES string of the molecule is CCCS(=O)(=O)Oc1ccc(C2([C@]3(OC)C=C(c4ccc(F)cc4)C=CC3)N=C(N)N(C)C2=O)cc1. The molecular formula is C26H28FN3O5S. The van der Waals surface area contributed by atoms with Crippen molar-refractivity contribution in [2.75, 3.05) is 19.9 Å². The molecule has 0 spiro atoms. The number of amides is 1. The summed E-state index contributed by atoms with van der Waals surface area (Å²) in [4.78, 5) is 19.7. The maximum absolute atomic E-state index is 13.8. The first kappa shape index (κ1) is 25.6. The quantitative estimate of drug-likeness (QED) is 0.542. The minimum Gasteiger partial charge on any atom is -0.382 e. The summed E-state index contributed by atoms with van der Waals surface area (Å²) >= 11 is 0. The van der Waals surface area contributed by atoms with Gasteiger partial charge in [-0.05, 0) is 53.5 Å². The number of rotatable bonds is 8. The lowest BCUT2D eigenvalue weighted by molar-refractivity contribution is -0.140. The molecule has 2 N–H and O–H groups in total. The number of benzene rings is 2. The molecule has 1 unspecified atom stereocenters. The number of allylic oxidation sites excluding steroid dienone is 2. The van der Waals surface area contributed by atoms with Gasteiger partial charge >= 0.3 is 10.1 Å². The highest BCUT2D eigenvalue weighted by molar-refractivity contribution is 7.87. The average Bonchev–Trinajstić information content (AvgIpc) is 3.09. The Hall–Kier alpha value is -3.50. The normalized spacial score (nSPS) is 24.0. The molecule has 0 saturated heterocycles. The predicted molar refractivity (Wildman–Crippen MR) is 135 cm³/mol. The molecule has 1 aliphatic heterocycles. The summed E-state index contributed by atoms with van der Waals surface area (Å²) in [6, 6.07) is 12.2. The first-order chi connectivity index (χ1) is 17.1. The standard InChI is InChI=1S/C26H28FN3O5S/c1-4-16-36(32,33)35-22-13-9-20(10-14-22)26(23(31)30(2)24(28)29-26)25(34-3)15-5-6-19(17-25)18-7-11-21(27)12-8-18/h5-14,17H,4,15-16H2,1-3H3,(H2,28,29)/t25-,26?/m1/s1. The van der Waals surface area contributed by atoms with Crippen LogP contribution in [0.2, 0.25) is 0 Å². The lowest BCUT2D eigenvalue weighted by atomic mass is 9.69. The number of nitrogens with zero attached hydrogens (tertiary/aromatic N) is 2. The fourth-order valence-corrected chi connectivity index (χ4v) is 5.61. The second kappa shape index (κ2) is 9.51. The molecule has 2 aromatic rings. The minimum absolute atomic E-state index is 0.0218. The van der Waals surface area contributed by atoms with Crippen molar-refractivity contribution >= 4 is 27.6 Å². The Kier molecular flexibility index (Phi) is 6.76. The van der Waals surface area contributed by atoms with Crippen LogP contribution in [0.3, 0.4) is 0 Å². The Bertz CT molecular complexity index is 1350. The molecule has 0 bridgehead atoms. The van der Waals surface area contributed by atoms with E-state index in [1.807, 2.05) is 18.2 Å². The van der Waals surface area contributed by atoms with Gasteiger partial charge in [-0.1, -0.05) is 43.3 Å². The molecule has 0 fully saturated rings. The summed E-state index contributed by atoms with van der Waals surface area (Å²) in [6.07, 6.45) is 6.28. The van der Waals surface area contributed by atoms with Gasteiger partial charge in [-0.25, -0.2) is 9.38 Å². The number of likely N-dealkylation sites (N-methyl/N-ethyl adjacent to an activating group) is 1. The van der Waals surface area contributed by atoms with E-state index in [1.165, 1.54) is 43.3 Å². The van der Waals surface area contributed by atoms with Crippen LogP contribution in [-0.4, -0.2) is 50.7 Å². The van der Waals surface area contributed by atoms with E-state index < -0.39 is 27.2 Å². The average molecular weight is 514 g/mol. The van der Waals surface area contributed by atoms with Crippen LogP contribution in [0.15, 0.2) is 71.8 Å². The molecular weight excluding hydrogens is 485 g/mol. The third-order valence-electron chi connectivity index (χ3n) is 6.45. The lowest BCUT2D eigenvalue weighted by Gasteiger charge is -2.43. The summed E-state index contributed by atoms with van der Waals surface area (Å²) in [5, 5.41) is 0. The van der Waals surface area contributed by atoms with Gasteiger partial charge in [-0.15, -0.1) is 0 Å². The van der Waals surface area contributed by atoms with Gasteiger partial charge in [0.2, 0.25) is 5.54 Å². The summed E-state index contributed by atoms with van der Waals surface area (Å²) in [5.41, 5.74) is 5.16. The second-order valence-electron chi connectivity index (χ2n) is 8.72. The Morgan fingerprint density at radius 3 is 2.36 bits per heavy atom. The zero-order valence-corrected chi connectivity index (χ0v) is 21.1. The number of hydrogen-bond acceptors (Lipinski definition) is 7. The predicted octanol–water partition coefficient (Wildman–Crippen LogP) is 3.36. The third kappa shape index (κ3) is 4.31. The maximum Gasteiger partial charge on any atom is 0.309 e. The highest BCUT2D eigenvalue weighted by Gasteiger charge is 2.62. The molecule has 4 rings (SSSR count). The lowest BCUT2D eigenvalue weighted by Crippen LogP contribution is -2.56. The number of hydrogen-bond donors (Lipinski definition) is 1. The van der Waals surface area contributed by atoms with Crippen LogP contribution in [0.1, 0.15) is 30.9 Å². The van der Waals surface area contributed by atoms with Crippen molar-refractivity contribution in [3.63, 3.8) is 0 Å². The number of carbonyl (C=O) groups excluding carboxylic acids is 1. The second-order valence-corrected chi connectivity index (χ2v) is 10.4. The van der Waals surface area contributed by atoms with E-state index in [0.717, 1.165) is 11.1 Å². The van der Waals surface area contributed by atoms with Crippen LogP contribution in [0, 0.1) is 5.82 Å². The summed E-state index contributed by atoms with van der Waals surface area (Å²) in [5.74, 6) is -0.732. The Morgan fingerprint density at radius 2 is 1.81 bits per heavy atom. The molecule has 10 heteroatoms. The molecule has 190 valence electrons. The molecule has 0 aromatic heterocycles. The monoisotopic (exact) mass is 513 g/mol. The molecule has 36 heavy (non-hydrogen) atoms. The number of halogens is 1.